The van der Waals surface area contributed by atoms with Crippen LogP contribution in [0.2, 0.25) is 0 Å². The Morgan fingerprint density at radius 3 is 2.44 bits per heavy atom. The van der Waals surface area contributed by atoms with E-state index in [1.54, 1.807) is 7.11 Å². The number of ether oxygens (including phenoxy) is 2. The van der Waals surface area contributed by atoms with E-state index in [9.17, 15) is 4.79 Å². The normalized spacial score (nSPS) is 16.3. The van der Waals surface area contributed by atoms with Crippen molar-refractivity contribution in [3.63, 3.8) is 0 Å². The Hall–Kier alpha value is -1.30. The number of unbranched alkanes of at least 4 members (excludes halogenated alkanes) is 4. The van der Waals surface area contributed by atoms with Gasteiger partial charge in [0.1, 0.15) is 0 Å². The minimum atomic E-state index is -0.0698. The van der Waals surface area contributed by atoms with Crippen LogP contribution < -0.4 is 10.6 Å². The van der Waals surface area contributed by atoms with E-state index in [0.29, 0.717) is 18.4 Å². The molecule has 0 aromatic heterocycles. The molecule has 0 aromatic rings. The van der Waals surface area contributed by atoms with Gasteiger partial charge in [-0.2, -0.15) is 0 Å². The van der Waals surface area contributed by atoms with E-state index in [-0.39, 0.29) is 5.97 Å². The largest absolute Gasteiger partial charge is 0.466 e. The van der Waals surface area contributed by atoms with Crippen molar-refractivity contribution >= 4 is 11.9 Å². The number of hydrogen-bond acceptors (Lipinski definition) is 4. The van der Waals surface area contributed by atoms with Crippen LogP contribution in [0.15, 0.2) is 4.99 Å². The highest BCUT2D eigenvalue weighted by Gasteiger charge is 2.33. The number of carbonyl (C=O) groups excluding carboxylic acids is 1. The first-order valence-electron chi connectivity index (χ1n) is 10.7. The van der Waals surface area contributed by atoms with E-state index in [1.807, 2.05) is 14.0 Å². The first-order chi connectivity index (χ1) is 13.2. The van der Waals surface area contributed by atoms with E-state index in [1.165, 1.54) is 32.1 Å². The number of nitrogens with zero attached hydrogens (tertiary/aromatic N) is 1. The molecule has 0 bridgehead atoms. The standard InChI is InChI=1S/C21H41N3O3/c1-4-27-19(25)12-8-6-5-7-11-16-23-20(22-2)24-18-21(15-17-26-3)13-9-10-14-21/h4-18H2,1-3H3,(H2,22,23,24). The number of guanidine groups is 1. The molecule has 1 aliphatic carbocycles. The third-order valence-corrected chi connectivity index (χ3v) is 5.51. The molecule has 0 saturated heterocycles. The summed E-state index contributed by atoms with van der Waals surface area (Å²) in [6.45, 7) is 5.07. The minimum absolute atomic E-state index is 0.0698. The average molecular weight is 384 g/mol. The van der Waals surface area contributed by atoms with Crippen LogP contribution in [0.1, 0.15) is 77.6 Å². The molecule has 6 heteroatoms. The van der Waals surface area contributed by atoms with E-state index >= 15 is 0 Å². The van der Waals surface area contributed by atoms with Gasteiger partial charge < -0.3 is 20.1 Å². The number of carbonyl (C=O) groups is 1. The minimum Gasteiger partial charge on any atom is -0.466 e. The molecule has 1 rings (SSSR count). The Morgan fingerprint density at radius 1 is 1.07 bits per heavy atom. The third-order valence-electron chi connectivity index (χ3n) is 5.51. The summed E-state index contributed by atoms with van der Waals surface area (Å²) in [6.07, 6.45) is 12.4. The van der Waals surface area contributed by atoms with Gasteiger partial charge >= 0.3 is 5.97 Å². The van der Waals surface area contributed by atoms with Crippen molar-refractivity contribution < 1.29 is 14.3 Å². The highest BCUT2D eigenvalue weighted by atomic mass is 16.5. The summed E-state index contributed by atoms with van der Waals surface area (Å²) < 4.78 is 10.2. The van der Waals surface area contributed by atoms with Crippen LogP contribution in [-0.2, 0) is 14.3 Å². The summed E-state index contributed by atoms with van der Waals surface area (Å²) in [5.41, 5.74) is 0.368. The fourth-order valence-corrected chi connectivity index (χ4v) is 3.82. The number of methoxy groups -OCH3 is 1. The smallest absolute Gasteiger partial charge is 0.305 e. The molecule has 0 amide bonds. The lowest BCUT2D eigenvalue weighted by Crippen LogP contribution is -2.43. The van der Waals surface area contributed by atoms with Gasteiger partial charge in [-0.15, -0.1) is 0 Å². The molecule has 6 nitrogen and oxygen atoms in total. The molecule has 1 saturated carbocycles. The lowest BCUT2D eigenvalue weighted by Gasteiger charge is -2.30. The van der Waals surface area contributed by atoms with Gasteiger partial charge in [0.25, 0.3) is 0 Å². The number of esters is 1. The molecule has 2 N–H and O–H groups in total. The Morgan fingerprint density at radius 2 is 1.78 bits per heavy atom. The van der Waals surface area contributed by atoms with Gasteiger partial charge in [0, 0.05) is 40.3 Å². The summed E-state index contributed by atoms with van der Waals surface area (Å²) in [5, 5.41) is 6.95. The van der Waals surface area contributed by atoms with Crippen LogP contribution in [-0.4, -0.2) is 52.4 Å². The van der Waals surface area contributed by atoms with Crippen LogP contribution in [0, 0.1) is 5.41 Å². The maximum absolute atomic E-state index is 11.3. The SMILES string of the molecule is CCOC(=O)CCCCCCCNC(=NC)NCC1(CCOC)CCCC1. The van der Waals surface area contributed by atoms with Gasteiger partial charge in [0.2, 0.25) is 0 Å². The number of nitrogens with one attached hydrogen (secondary N) is 2. The molecule has 158 valence electrons. The molecule has 27 heavy (non-hydrogen) atoms. The summed E-state index contributed by atoms with van der Waals surface area (Å²) in [6, 6.07) is 0. The monoisotopic (exact) mass is 383 g/mol. The van der Waals surface area contributed by atoms with Crippen molar-refractivity contribution in [2.75, 3.05) is 40.5 Å². The predicted molar refractivity (Wildman–Crippen MR) is 111 cm³/mol. The molecule has 1 fully saturated rings. The van der Waals surface area contributed by atoms with Gasteiger partial charge in [-0.05, 0) is 44.4 Å². The highest BCUT2D eigenvalue weighted by molar-refractivity contribution is 5.79. The Bertz CT molecular complexity index is 421. The van der Waals surface area contributed by atoms with Crippen molar-refractivity contribution in [1.82, 2.24) is 10.6 Å². The lowest BCUT2D eigenvalue weighted by atomic mass is 9.83. The molecular formula is C21H41N3O3. The Kier molecular flexibility index (Phi) is 12.9. The van der Waals surface area contributed by atoms with Crippen molar-refractivity contribution in [3.8, 4) is 0 Å². The molecule has 1 aliphatic rings. The highest BCUT2D eigenvalue weighted by Crippen LogP contribution is 2.40. The fourth-order valence-electron chi connectivity index (χ4n) is 3.82. The van der Waals surface area contributed by atoms with Gasteiger partial charge in [0.15, 0.2) is 5.96 Å². The molecule has 0 aromatic carbocycles. The number of hydrogen-bond donors (Lipinski definition) is 2. The third kappa shape index (κ3) is 10.6. The Balaban J connectivity index is 2.10. The zero-order chi connectivity index (χ0) is 19.8. The van der Waals surface area contributed by atoms with Crippen LogP contribution in [0.25, 0.3) is 0 Å². The predicted octanol–water partition coefficient (Wildman–Crippen LogP) is 3.65. The van der Waals surface area contributed by atoms with Crippen LogP contribution >= 0.6 is 0 Å². The molecule has 0 unspecified atom stereocenters. The van der Waals surface area contributed by atoms with Crippen LogP contribution in [0.3, 0.4) is 0 Å². The molecular weight excluding hydrogens is 342 g/mol. The molecule has 0 spiro atoms. The second-order valence-electron chi connectivity index (χ2n) is 7.63. The average Bonchev–Trinajstić information content (AvgIpc) is 3.14. The zero-order valence-corrected chi connectivity index (χ0v) is 17.8. The van der Waals surface area contributed by atoms with E-state index in [4.69, 9.17) is 9.47 Å². The van der Waals surface area contributed by atoms with Crippen LogP contribution in [0.4, 0.5) is 0 Å². The molecule has 0 aliphatic heterocycles. The van der Waals surface area contributed by atoms with Crippen molar-refractivity contribution in [2.45, 2.75) is 77.6 Å². The maximum atomic E-state index is 11.3. The zero-order valence-electron chi connectivity index (χ0n) is 17.8. The quantitative estimate of drug-likeness (QED) is 0.207. The molecule has 0 heterocycles. The Labute approximate surface area is 165 Å². The van der Waals surface area contributed by atoms with E-state index in [2.05, 4.69) is 15.6 Å². The van der Waals surface area contributed by atoms with E-state index in [0.717, 1.165) is 57.8 Å². The lowest BCUT2D eigenvalue weighted by molar-refractivity contribution is -0.143. The van der Waals surface area contributed by atoms with Gasteiger partial charge in [-0.25, -0.2) is 0 Å². The second-order valence-corrected chi connectivity index (χ2v) is 7.63. The first-order valence-corrected chi connectivity index (χ1v) is 10.7. The summed E-state index contributed by atoms with van der Waals surface area (Å²) in [5.74, 6) is 0.834. The van der Waals surface area contributed by atoms with Gasteiger partial charge in [-0.1, -0.05) is 32.1 Å². The van der Waals surface area contributed by atoms with Crippen LogP contribution in [0.5, 0.6) is 0 Å². The second kappa shape index (κ2) is 14.7. The summed E-state index contributed by atoms with van der Waals surface area (Å²) >= 11 is 0. The summed E-state index contributed by atoms with van der Waals surface area (Å²) in [7, 11) is 3.62. The van der Waals surface area contributed by atoms with Crippen molar-refractivity contribution in [2.24, 2.45) is 10.4 Å². The maximum Gasteiger partial charge on any atom is 0.305 e. The number of aliphatic imine (C=N–C) groups is 1. The van der Waals surface area contributed by atoms with Crippen molar-refractivity contribution in [3.05, 3.63) is 0 Å². The first kappa shape index (κ1) is 23.7. The topological polar surface area (TPSA) is 72.0 Å². The molecule has 0 radical (unpaired) electrons. The van der Waals surface area contributed by atoms with Crippen molar-refractivity contribution in [1.29, 1.82) is 0 Å². The van der Waals surface area contributed by atoms with E-state index < -0.39 is 0 Å². The summed E-state index contributed by atoms with van der Waals surface area (Å²) in [4.78, 5) is 15.6. The molecule has 0 atom stereocenters. The van der Waals surface area contributed by atoms with Gasteiger partial charge in [0.05, 0.1) is 6.61 Å². The number of rotatable bonds is 14. The fraction of sp³-hybridized carbons (Fsp3) is 0.905. The van der Waals surface area contributed by atoms with Gasteiger partial charge in [-0.3, -0.25) is 9.79 Å².